The van der Waals surface area contributed by atoms with E-state index >= 15 is 0 Å². The van der Waals surface area contributed by atoms with Crippen LogP contribution in [0.2, 0.25) is 0 Å². The van der Waals surface area contributed by atoms with E-state index in [2.05, 4.69) is 13.2 Å². The van der Waals surface area contributed by atoms with Gasteiger partial charge in [-0.1, -0.05) is 19.2 Å². The third-order valence-electron chi connectivity index (χ3n) is 1.65. The van der Waals surface area contributed by atoms with E-state index in [0.29, 0.717) is 11.1 Å². The Labute approximate surface area is 84.4 Å². The van der Waals surface area contributed by atoms with E-state index in [-0.39, 0.29) is 11.7 Å². The van der Waals surface area contributed by atoms with Crippen molar-refractivity contribution in [3.63, 3.8) is 0 Å². The van der Waals surface area contributed by atoms with Gasteiger partial charge in [0.2, 0.25) is 0 Å². The molecule has 0 aromatic heterocycles. The second-order valence-corrected chi connectivity index (χ2v) is 3.08. The van der Waals surface area contributed by atoms with Gasteiger partial charge >= 0.3 is 0 Å². The first kappa shape index (κ1) is 12.4. The zero-order valence-electron chi connectivity index (χ0n) is 8.83. The van der Waals surface area contributed by atoms with E-state index in [0.717, 1.165) is 0 Å². The summed E-state index contributed by atoms with van der Waals surface area (Å²) in [5.41, 5.74) is 0.672. The van der Waals surface area contributed by atoms with Gasteiger partial charge in [0.05, 0.1) is 0 Å². The van der Waals surface area contributed by atoms with E-state index in [9.17, 15) is 9.59 Å². The minimum absolute atomic E-state index is 0.157. The average Bonchev–Trinajstić information content (AvgIpc) is 2.12. The molecule has 0 radical (unpaired) electrons. The Morgan fingerprint density at radius 3 is 2.07 bits per heavy atom. The third kappa shape index (κ3) is 3.39. The van der Waals surface area contributed by atoms with Crippen molar-refractivity contribution in [1.82, 2.24) is 4.90 Å². The fourth-order valence-electron chi connectivity index (χ4n) is 0.756. The summed E-state index contributed by atoms with van der Waals surface area (Å²) in [7, 11) is 3.27. The third-order valence-corrected chi connectivity index (χ3v) is 1.65. The first-order chi connectivity index (χ1) is 6.40. The van der Waals surface area contributed by atoms with E-state index in [1.54, 1.807) is 14.1 Å². The predicted octanol–water partition coefficient (Wildman–Crippen LogP) is 1.33. The Morgan fingerprint density at radius 1 is 1.29 bits per heavy atom. The smallest absolute Gasteiger partial charge is 0.253 e. The first-order valence-corrected chi connectivity index (χ1v) is 4.15. The van der Waals surface area contributed by atoms with E-state index in [4.69, 9.17) is 0 Å². The fourth-order valence-corrected chi connectivity index (χ4v) is 0.756. The molecule has 0 unspecified atom stereocenters. The molecule has 0 aliphatic heterocycles. The second kappa shape index (κ2) is 5.17. The monoisotopic (exact) mass is 193 g/mol. The van der Waals surface area contributed by atoms with Crippen LogP contribution in [0, 0.1) is 0 Å². The Balaban J connectivity index is 4.90. The molecule has 0 atom stereocenters. The molecule has 0 heterocycles. The van der Waals surface area contributed by atoms with Crippen molar-refractivity contribution in [2.75, 3.05) is 14.1 Å². The van der Waals surface area contributed by atoms with Gasteiger partial charge in [-0.25, -0.2) is 0 Å². The van der Waals surface area contributed by atoms with Crippen molar-refractivity contribution in [3.05, 3.63) is 36.5 Å². The maximum atomic E-state index is 11.5. The van der Waals surface area contributed by atoms with Gasteiger partial charge in [0.1, 0.15) is 0 Å². The molecule has 0 spiro atoms. The van der Waals surface area contributed by atoms with Gasteiger partial charge in [0, 0.05) is 25.2 Å². The molecule has 1 amide bonds. The normalized spacial score (nSPS) is 10.6. The first-order valence-electron chi connectivity index (χ1n) is 4.15. The predicted molar refractivity (Wildman–Crippen MR) is 56.8 cm³/mol. The van der Waals surface area contributed by atoms with Crippen LogP contribution in [0.3, 0.4) is 0 Å². The summed E-state index contributed by atoms with van der Waals surface area (Å²) in [6, 6.07) is 0. The lowest BCUT2D eigenvalue weighted by Gasteiger charge is -2.10. The molecule has 3 heteroatoms. The number of nitrogens with zero attached hydrogens (tertiary/aromatic N) is 1. The summed E-state index contributed by atoms with van der Waals surface area (Å²) in [5.74, 6) is -0.349. The van der Waals surface area contributed by atoms with Crippen molar-refractivity contribution in [3.8, 4) is 0 Å². The van der Waals surface area contributed by atoms with Crippen molar-refractivity contribution in [2.24, 2.45) is 0 Å². The highest BCUT2D eigenvalue weighted by atomic mass is 16.2. The minimum atomic E-state index is -0.192. The number of hydrogen-bond donors (Lipinski definition) is 0. The van der Waals surface area contributed by atoms with Gasteiger partial charge < -0.3 is 4.90 Å². The minimum Gasteiger partial charge on any atom is -0.345 e. The number of rotatable bonds is 4. The maximum absolute atomic E-state index is 11.5. The highest BCUT2D eigenvalue weighted by molar-refractivity contribution is 6.01. The lowest BCUT2D eigenvalue weighted by atomic mass is 10.1. The molecule has 0 aromatic carbocycles. The highest BCUT2D eigenvalue weighted by Crippen LogP contribution is 2.05. The molecule has 0 aliphatic carbocycles. The lowest BCUT2D eigenvalue weighted by molar-refractivity contribution is -0.124. The Hall–Kier alpha value is -1.64. The van der Waals surface area contributed by atoms with Crippen LogP contribution in [0.15, 0.2) is 36.5 Å². The number of hydrogen-bond acceptors (Lipinski definition) is 2. The highest BCUT2D eigenvalue weighted by Gasteiger charge is 2.09. The van der Waals surface area contributed by atoms with E-state index < -0.39 is 0 Å². The number of carbonyl (C=O) groups excluding carboxylic acids is 2. The SMILES string of the molecule is C=C/C(=C\C(=C)C(C)=O)C(=O)N(C)C. The number of ketones is 1. The molecule has 76 valence electrons. The molecule has 0 bridgehead atoms. The lowest BCUT2D eigenvalue weighted by Crippen LogP contribution is -2.22. The summed E-state index contributed by atoms with van der Waals surface area (Å²) in [6.07, 6.45) is 2.86. The maximum Gasteiger partial charge on any atom is 0.253 e. The largest absolute Gasteiger partial charge is 0.345 e. The molecular formula is C11H15NO2. The Kier molecular flexibility index (Phi) is 4.56. The van der Waals surface area contributed by atoms with Crippen LogP contribution in [0.25, 0.3) is 0 Å². The summed E-state index contributed by atoms with van der Waals surface area (Å²) in [4.78, 5) is 23.8. The number of carbonyl (C=O) groups is 2. The van der Waals surface area contributed by atoms with Crippen LogP contribution in [-0.4, -0.2) is 30.7 Å². The molecule has 0 saturated heterocycles. The van der Waals surface area contributed by atoms with Crippen molar-refractivity contribution in [2.45, 2.75) is 6.92 Å². The van der Waals surface area contributed by atoms with Crippen LogP contribution in [0.5, 0.6) is 0 Å². The number of allylic oxidation sites excluding steroid dienone is 2. The molecule has 14 heavy (non-hydrogen) atoms. The topological polar surface area (TPSA) is 37.4 Å². The average molecular weight is 193 g/mol. The molecule has 0 fully saturated rings. The van der Waals surface area contributed by atoms with E-state index in [1.807, 2.05) is 0 Å². The zero-order chi connectivity index (χ0) is 11.3. The van der Waals surface area contributed by atoms with Crippen molar-refractivity contribution >= 4 is 11.7 Å². The molecule has 3 nitrogen and oxygen atoms in total. The number of amides is 1. The summed E-state index contributed by atoms with van der Waals surface area (Å²) in [5, 5.41) is 0. The molecule has 0 saturated carbocycles. The van der Waals surface area contributed by atoms with Crippen LogP contribution < -0.4 is 0 Å². The molecule has 0 N–H and O–H groups in total. The summed E-state index contributed by atoms with van der Waals surface area (Å²) in [6.45, 7) is 8.45. The quantitative estimate of drug-likeness (QED) is 0.499. The fraction of sp³-hybridized carbons (Fsp3) is 0.273. The summed E-state index contributed by atoms with van der Waals surface area (Å²) < 4.78 is 0. The standard InChI is InChI=1S/C11H15NO2/c1-6-10(11(14)12(4)5)7-8(2)9(3)13/h6-7H,1-2H2,3-5H3/b10-7+. The van der Waals surface area contributed by atoms with Gasteiger partial charge in [-0.15, -0.1) is 0 Å². The number of Topliss-reactive ketones (excluding diaryl/α,β-unsaturated/α-hetero) is 1. The van der Waals surface area contributed by atoms with Crippen LogP contribution in [0.4, 0.5) is 0 Å². The van der Waals surface area contributed by atoms with Gasteiger partial charge in [0.15, 0.2) is 5.78 Å². The van der Waals surface area contributed by atoms with Crippen LogP contribution >= 0.6 is 0 Å². The second-order valence-electron chi connectivity index (χ2n) is 3.08. The molecule has 0 aliphatic rings. The number of likely N-dealkylation sites (N-methyl/N-ethyl adjacent to an activating group) is 1. The molecular weight excluding hydrogens is 178 g/mol. The van der Waals surface area contributed by atoms with Gasteiger partial charge in [0.25, 0.3) is 5.91 Å². The van der Waals surface area contributed by atoms with Crippen LogP contribution in [-0.2, 0) is 9.59 Å². The molecule has 0 aromatic rings. The van der Waals surface area contributed by atoms with Gasteiger partial charge in [-0.05, 0) is 13.0 Å². The van der Waals surface area contributed by atoms with Crippen molar-refractivity contribution < 1.29 is 9.59 Å². The van der Waals surface area contributed by atoms with E-state index in [1.165, 1.54) is 24.0 Å². The Morgan fingerprint density at radius 2 is 1.79 bits per heavy atom. The van der Waals surface area contributed by atoms with Gasteiger partial charge in [-0.3, -0.25) is 9.59 Å². The van der Waals surface area contributed by atoms with Crippen LogP contribution in [0.1, 0.15) is 6.92 Å². The van der Waals surface area contributed by atoms with Crippen molar-refractivity contribution in [1.29, 1.82) is 0 Å². The summed E-state index contributed by atoms with van der Waals surface area (Å²) >= 11 is 0. The zero-order valence-corrected chi connectivity index (χ0v) is 8.83. The van der Waals surface area contributed by atoms with Gasteiger partial charge in [-0.2, -0.15) is 0 Å². The molecule has 0 rings (SSSR count). The Bertz CT molecular complexity index is 311.